The Bertz CT molecular complexity index is 1630. The number of amides is 1. The Morgan fingerprint density at radius 2 is 2.02 bits per heavy atom. The highest BCUT2D eigenvalue weighted by atomic mass is 35.5. The number of benzene rings is 2. The molecular formula is C34H36ClN5O2. The largest absolute Gasteiger partial charge is 0.475 e. The van der Waals surface area contributed by atoms with E-state index >= 15 is 0 Å². The zero-order valence-electron chi connectivity index (χ0n) is 24.1. The van der Waals surface area contributed by atoms with Gasteiger partial charge in [0.1, 0.15) is 18.2 Å². The molecule has 1 aliphatic carbocycles. The van der Waals surface area contributed by atoms with Gasteiger partial charge in [0, 0.05) is 35.1 Å². The number of hydrogen-bond donors (Lipinski definition) is 0. The van der Waals surface area contributed by atoms with Gasteiger partial charge in [-0.05, 0) is 93.4 Å². The fourth-order valence-corrected chi connectivity index (χ4v) is 7.89. The van der Waals surface area contributed by atoms with E-state index in [2.05, 4.69) is 53.8 Å². The first kappa shape index (κ1) is 27.2. The van der Waals surface area contributed by atoms with Crippen LogP contribution in [0.2, 0.25) is 5.02 Å². The molecule has 8 heteroatoms. The van der Waals surface area contributed by atoms with Crippen molar-refractivity contribution in [1.82, 2.24) is 14.8 Å². The van der Waals surface area contributed by atoms with Gasteiger partial charge in [-0.25, -0.2) is 4.98 Å². The van der Waals surface area contributed by atoms with Gasteiger partial charge in [0.05, 0.1) is 23.3 Å². The molecule has 0 unspecified atom stereocenters. The van der Waals surface area contributed by atoms with Crippen molar-refractivity contribution in [3.05, 3.63) is 64.7 Å². The second kappa shape index (κ2) is 10.9. The molecule has 0 radical (unpaired) electrons. The number of aromatic nitrogens is 1. The number of likely N-dealkylation sites (tertiary alicyclic amines) is 2. The van der Waals surface area contributed by atoms with Gasteiger partial charge in [0.2, 0.25) is 11.8 Å². The van der Waals surface area contributed by atoms with E-state index in [4.69, 9.17) is 21.3 Å². The van der Waals surface area contributed by atoms with Gasteiger partial charge in [0.15, 0.2) is 0 Å². The molecule has 3 fully saturated rings. The van der Waals surface area contributed by atoms with E-state index < -0.39 is 0 Å². The van der Waals surface area contributed by atoms with Gasteiger partial charge >= 0.3 is 0 Å². The Morgan fingerprint density at radius 1 is 1.17 bits per heavy atom. The molecule has 2 aromatic carbocycles. The number of nitriles is 1. The van der Waals surface area contributed by atoms with Crippen molar-refractivity contribution in [2.45, 2.75) is 63.1 Å². The number of carbonyl (C=O) groups excluding carboxylic acids is 1. The molecule has 42 heavy (non-hydrogen) atoms. The summed E-state index contributed by atoms with van der Waals surface area (Å²) in [6.07, 6.45) is 8.98. The van der Waals surface area contributed by atoms with E-state index in [0.717, 1.165) is 60.8 Å². The number of pyridine rings is 1. The smallest absolute Gasteiger partial charge is 0.246 e. The Balaban J connectivity index is 1.35. The molecule has 1 amide bonds. The number of halogens is 1. The second-order valence-corrected chi connectivity index (χ2v) is 12.6. The van der Waals surface area contributed by atoms with Gasteiger partial charge in [-0.1, -0.05) is 36.4 Å². The minimum atomic E-state index is -0.0363. The first-order valence-electron chi connectivity index (χ1n) is 15.2. The molecule has 7 nitrogen and oxygen atoms in total. The Hall–Kier alpha value is -3.60. The molecule has 0 saturated carbocycles. The molecule has 4 heterocycles. The maximum absolute atomic E-state index is 12.5. The van der Waals surface area contributed by atoms with E-state index in [-0.39, 0.29) is 18.0 Å². The number of rotatable bonds is 6. The number of aryl methyl sites for hydroxylation is 1. The lowest BCUT2D eigenvalue weighted by atomic mass is 9.85. The molecule has 0 bridgehead atoms. The zero-order valence-corrected chi connectivity index (χ0v) is 24.9. The molecule has 3 atom stereocenters. The Kier molecular flexibility index (Phi) is 7.08. The summed E-state index contributed by atoms with van der Waals surface area (Å²) in [4.78, 5) is 23.9. The van der Waals surface area contributed by atoms with Crippen LogP contribution >= 0.6 is 11.6 Å². The van der Waals surface area contributed by atoms with Gasteiger partial charge in [-0.3, -0.25) is 4.79 Å². The minimum absolute atomic E-state index is 0.0363. The van der Waals surface area contributed by atoms with Crippen LogP contribution in [0.3, 0.4) is 0 Å². The summed E-state index contributed by atoms with van der Waals surface area (Å²) in [6, 6.07) is 13.6. The quantitative estimate of drug-likeness (QED) is 0.345. The van der Waals surface area contributed by atoms with Crippen LogP contribution in [0, 0.1) is 11.3 Å². The third-order valence-electron chi connectivity index (χ3n) is 9.93. The lowest BCUT2D eigenvalue weighted by molar-refractivity contribution is -0.127. The first-order chi connectivity index (χ1) is 20.5. The van der Waals surface area contributed by atoms with Crippen LogP contribution in [0.5, 0.6) is 5.88 Å². The fourth-order valence-electron chi connectivity index (χ4n) is 7.62. The van der Waals surface area contributed by atoms with Crippen LogP contribution in [0.1, 0.15) is 48.8 Å². The molecule has 0 spiro atoms. The molecule has 4 aliphatic rings. The summed E-state index contributed by atoms with van der Waals surface area (Å²) in [7, 11) is 2.12. The minimum Gasteiger partial charge on any atom is -0.475 e. The number of ether oxygens (including phenoxy) is 1. The molecular weight excluding hydrogens is 546 g/mol. The first-order valence-corrected chi connectivity index (χ1v) is 15.6. The van der Waals surface area contributed by atoms with E-state index in [0.29, 0.717) is 42.2 Å². The number of nitrogens with zero attached hydrogens (tertiary/aromatic N) is 5. The van der Waals surface area contributed by atoms with Crippen molar-refractivity contribution in [3.63, 3.8) is 0 Å². The molecule has 3 aliphatic heterocycles. The van der Waals surface area contributed by atoms with Crippen molar-refractivity contribution in [2.75, 3.05) is 38.2 Å². The fraction of sp³-hybridized carbons (Fsp3) is 0.441. The zero-order chi connectivity index (χ0) is 29.0. The van der Waals surface area contributed by atoms with Gasteiger partial charge in [-0.15, -0.1) is 0 Å². The van der Waals surface area contributed by atoms with Crippen LogP contribution in [-0.2, 0) is 17.6 Å². The van der Waals surface area contributed by atoms with Gasteiger partial charge in [0.25, 0.3) is 0 Å². The Labute approximate surface area is 252 Å². The highest BCUT2D eigenvalue weighted by molar-refractivity contribution is 6.34. The predicted molar refractivity (Wildman–Crippen MR) is 166 cm³/mol. The van der Waals surface area contributed by atoms with Gasteiger partial charge < -0.3 is 19.4 Å². The normalized spacial score (nSPS) is 23.3. The maximum Gasteiger partial charge on any atom is 0.246 e. The van der Waals surface area contributed by atoms with Crippen LogP contribution in [0.15, 0.2) is 43.0 Å². The number of carbonyl (C=O) groups is 1. The topological polar surface area (TPSA) is 72.7 Å². The number of likely N-dealkylation sites (N-methyl/N-ethyl adjacent to an activating group) is 1. The summed E-state index contributed by atoms with van der Waals surface area (Å²) in [6.45, 7) is 6.55. The summed E-state index contributed by atoms with van der Waals surface area (Å²) in [5.41, 5.74) is 6.94. The molecule has 216 valence electrons. The van der Waals surface area contributed by atoms with Crippen molar-refractivity contribution in [2.24, 2.45) is 0 Å². The second-order valence-electron chi connectivity index (χ2n) is 12.2. The SMILES string of the molecule is C=CC(=O)N1CC[C@@H]2[C@H]1CN2c1c(C#N)c(OC[C@@H]2CCCN2C)nc2cc(-c3cccc4c3CCCC4)c(Cl)cc12. The number of anilines is 1. The summed E-state index contributed by atoms with van der Waals surface area (Å²) in [5, 5.41) is 12.0. The third-order valence-corrected chi connectivity index (χ3v) is 10.2. The summed E-state index contributed by atoms with van der Waals surface area (Å²) >= 11 is 7.08. The molecule has 3 aromatic rings. The van der Waals surface area contributed by atoms with Crippen molar-refractivity contribution in [1.29, 1.82) is 5.26 Å². The molecule has 3 saturated heterocycles. The van der Waals surface area contributed by atoms with Gasteiger partial charge in [-0.2, -0.15) is 5.26 Å². The van der Waals surface area contributed by atoms with Crippen molar-refractivity contribution in [3.8, 4) is 23.1 Å². The Morgan fingerprint density at radius 3 is 2.81 bits per heavy atom. The van der Waals surface area contributed by atoms with E-state index in [1.807, 2.05) is 11.0 Å². The lowest BCUT2D eigenvalue weighted by Crippen LogP contribution is -2.63. The van der Waals surface area contributed by atoms with Crippen molar-refractivity contribution >= 4 is 34.1 Å². The highest BCUT2D eigenvalue weighted by Gasteiger charge is 2.49. The highest BCUT2D eigenvalue weighted by Crippen LogP contribution is 2.46. The third kappa shape index (κ3) is 4.44. The van der Waals surface area contributed by atoms with E-state index in [1.54, 1.807) is 0 Å². The summed E-state index contributed by atoms with van der Waals surface area (Å²) < 4.78 is 6.39. The average molecular weight is 582 g/mol. The molecule has 7 rings (SSSR count). The van der Waals surface area contributed by atoms with Crippen molar-refractivity contribution < 1.29 is 9.53 Å². The van der Waals surface area contributed by atoms with Crippen LogP contribution in [-0.4, -0.2) is 72.1 Å². The molecule has 1 aromatic heterocycles. The van der Waals surface area contributed by atoms with Crippen LogP contribution in [0.4, 0.5) is 5.69 Å². The number of hydrogen-bond acceptors (Lipinski definition) is 6. The number of fused-ring (bicyclic) bond motifs is 3. The van der Waals surface area contributed by atoms with Crippen LogP contribution < -0.4 is 9.64 Å². The average Bonchev–Trinajstić information content (AvgIpc) is 3.57. The summed E-state index contributed by atoms with van der Waals surface area (Å²) in [5.74, 6) is 0.343. The van der Waals surface area contributed by atoms with E-state index in [9.17, 15) is 10.1 Å². The standard InChI is InChI=1S/C34H36ClN5O2/c1-3-32(41)39-15-13-30-31(39)19-40(30)33-26-16-28(35)25(24-12-6-9-21-8-4-5-11-23(21)24)17-29(26)37-34(27(33)18-36)42-20-22-10-7-14-38(22)2/h3,6,9,12,16-17,22,30-31H,1,4-5,7-8,10-11,13-15,19-20H2,2H3/t22-,30+,31+/m0/s1. The monoisotopic (exact) mass is 581 g/mol. The van der Waals surface area contributed by atoms with E-state index in [1.165, 1.54) is 35.6 Å². The van der Waals surface area contributed by atoms with Crippen LogP contribution in [0.25, 0.3) is 22.0 Å². The lowest BCUT2D eigenvalue weighted by Gasteiger charge is -2.48. The predicted octanol–water partition coefficient (Wildman–Crippen LogP) is 5.75. The molecule has 0 N–H and O–H groups in total. The maximum atomic E-state index is 12.5.